The quantitative estimate of drug-likeness (QED) is 0.547. The first-order valence-corrected chi connectivity index (χ1v) is 11.5. The van der Waals surface area contributed by atoms with Crippen LogP contribution in [0.5, 0.6) is 0 Å². The van der Waals surface area contributed by atoms with Crippen molar-refractivity contribution in [3.8, 4) is 5.69 Å². The molecule has 1 amide bonds. The molecule has 5 rings (SSSR count). The predicted molar refractivity (Wildman–Crippen MR) is 135 cm³/mol. The Hall–Kier alpha value is -3.71. The van der Waals surface area contributed by atoms with Gasteiger partial charge in [-0.2, -0.15) is 15.1 Å². The van der Waals surface area contributed by atoms with E-state index in [1.54, 1.807) is 6.08 Å². The third-order valence-corrected chi connectivity index (χ3v) is 6.67. The molecule has 0 atom stereocenters. The average molecular weight is 454 g/mol. The molecule has 0 spiro atoms. The van der Waals surface area contributed by atoms with Gasteiger partial charge in [0.25, 0.3) is 5.91 Å². The first-order valence-electron chi connectivity index (χ1n) is 10.7. The highest BCUT2D eigenvalue weighted by molar-refractivity contribution is 8.26. The van der Waals surface area contributed by atoms with Crippen LogP contribution in [0.2, 0.25) is 0 Å². The second-order valence-electron chi connectivity index (χ2n) is 8.17. The van der Waals surface area contributed by atoms with Crippen LogP contribution in [0.4, 0.5) is 0 Å². The lowest BCUT2D eigenvalue weighted by Crippen LogP contribution is -2.35. The van der Waals surface area contributed by atoms with Crippen LogP contribution >= 0.6 is 11.8 Å². The van der Waals surface area contributed by atoms with Crippen molar-refractivity contribution in [1.29, 1.82) is 5.41 Å². The number of aryl methyl sites for hydroxylation is 2. The summed E-state index contributed by atoms with van der Waals surface area (Å²) in [6.45, 7) is 6.12. The molecule has 0 saturated heterocycles. The van der Waals surface area contributed by atoms with Crippen LogP contribution in [0, 0.1) is 26.2 Å². The Morgan fingerprint density at radius 1 is 1.03 bits per heavy atom. The maximum Gasteiger partial charge on any atom is 0.283 e. The van der Waals surface area contributed by atoms with Gasteiger partial charge in [-0.25, -0.2) is 0 Å². The van der Waals surface area contributed by atoms with Gasteiger partial charge < -0.3 is 4.57 Å². The molecule has 2 aliphatic heterocycles. The van der Waals surface area contributed by atoms with Gasteiger partial charge in [-0.15, -0.1) is 0 Å². The summed E-state index contributed by atoms with van der Waals surface area (Å²) in [5.41, 5.74) is 6.59. The molecule has 2 aromatic carbocycles. The minimum absolute atomic E-state index is 0.0562. The van der Waals surface area contributed by atoms with E-state index in [9.17, 15) is 4.79 Å². The predicted octanol–water partition coefficient (Wildman–Crippen LogP) is 5.26. The molecule has 3 aromatic rings. The number of hydrogen-bond donors (Lipinski definition) is 1. The van der Waals surface area contributed by atoms with Crippen LogP contribution in [0.25, 0.3) is 11.8 Å². The summed E-state index contributed by atoms with van der Waals surface area (Å²) in [5, 5.41) is 16.0. The molecule has 33 heavy (non-hydrogen) atoms. The van der Waals surface area contributed by atoms with Crippen molar-refractivity contribution in [2.75, 3.05) is 0 Å². The van der Waals surface area contributed by atoms with Crippen molar-refractivity contribution < 1.29 is 4.79 Å². The fourth-order valence-corrected chi connectivity index (χ4v) is 4.97. The van der Waals surface area contributed by atoms with Crippen LogP contribution in [-0.2, 0) is 11.2 Å². The van der Waals surface area contributed by atoms with Gasteiger partial charge in [0.2, 0.25) is 5.17 Å². The standard InChI is InChI=1S/C26H23N5OS/c1-16-9-11-21(12-10-16)30-17(2)13-20(18(30)3)15-22-24(27)31-26(28-25(22)32)33-23(29-31)14-19-7-5-4-6-8-19/h4-13,15,27H,14H2,1-3H3/b22-15+,27-24?. The third kappa shape index (κ3) is 3.96. The van der Waals surface area contributed by atoms with Gasteiger partial charge >= 0.3 is 0 Å². The highest BCUT2D eigenvalue weighted by atomic mass is 32.2. The first-order chi connectivity index (χ1) is 15.9. The zero-order valence-corrected chi connectivity index (χ0v) is 19.5. The molecule has 2 aliphatic rings. The monoisotopic (exact) mass is 453 g/mol. The van der Waals surface area contributed by atoms with E-state index in [0.717, 1.165) is 33.2 Å². The Labute approximate surface area is 196 Å². The smallest absolute Gasteiger partial charge is 0.283 e. The summed E-state index contributed by atoms with van der Waals surface area (Å²) in [7, 11) is 0. The molecule has 1 N–H and O–H groups in total. The summed E-state index contributed by atoms with van der Waals surface area (Å²) in [5.74, 6) is -0.351. The van der Waals surface area contributed by atoms with Gasteiger partial charge in [-0.05, 0) is 67.9 Å². The number of rotatable bonds is 4. The first kappa shape index (κ1) is 21.2. The Balaban J connectivity index is 1.46. The van der Waals surface area contributed by atoms with Crippen LogP contribution in [-0.4, -0.2) is 31.5 Å². The molecule has 164 valence electrons. The molecule has 0 bridgehead atoms. The molecule has 0 saturated carbocycles. The molecule has 7 heteroatoms. The number of carbonyl (C=O) groups excluding carboxylic acids is 1. The zero-order chi connectivity index (χ0) is 23.1. The normalized spacial score (nSPS) is 16.8. The molecule has 3 heterocycles. The summed E-state index contributed by atoms with van der Waals surface area (Å²) in [6.07, 6.45) is 2.40. The number of carbonyl (C=O) groups is 1. The molecule has 1 aromatic heterocycles. The lowest BCUT2D eigenvalue weighted by molar-refractivity contribution is -0.114. The van der Waals surface area contributed by atoms with E-state index in [1.807, 2.05) is 50.2 Å². The summed E-state index contributed by atoms with van der Waals surface area (Å²) in [4.78, 5) is 17.1. The number of aliphatic imine (C=N–C) groups is 1. The SMILES string of the molecule is Cc1ccc(-n2c(C)cc(/C=C3\C(=N)N4N=C(Cc5ccccc5)SC4=NC3=O)c2C)cc1. The number of amidine groups is 2. The van der Waals surface area contributed by atoms with E-state index >= 15 is 0 Å². The van der Waals surface area contributed by atoms with Crippen LogP contribution in [0.3, 0.4) is 0 Å². The van der Waals surface area contributed by atoms with Gasteiger partial charge in [0.05, 0.1) is 5.57 Å². The van der Waals surface area contributed by atoms with Crippen molar-refractivity contribution in [2.45, 2.75) is 27.2 Å². The summed E-state index contributed by atoms with van der Waals surface area (Å²) >= 11 is 1.35. The number of nitrogens with one attached hydrogen (secondary N) is 1. The minimum atomic E-state index is -0.407. The second-order valence-corrected chi connectivity index (χ2v) is 9.21. The van der Waals surface area contributed by atoms with E-state index in [0.29, 0.717) is 11.6 Å². The molecule has 6 nitrogen and oxygen atoms in total. The lowest BCUT2D eigenvalue weighted by Gasteiger charge is -2.20. The number of amides is 1. The number of fused-ring (bicyclic) bond motifs is 1. The Morgan fingerprint density at radius 3 is 2.48 bits per heavy atom. The lowest BCUT2D eigenvalue weighted by atomic mass is 10.1. The number of aromatic nitrogens is 1. The maximum atomic E-state index is 12.8. The zero-order valence-electron chi connectivity index (χ0n) is 18.7. The van der Waals surface area contributed by atoms with Gasteiger partial charge in [0.15, 0.2) is 5.84 Å². The Kier molecular flexibility index (Phi) is 5.34. The molecule has 0 aliphatic carbocycles. The van der Waals surface area contributed by atoms with Crippen molar-refractivity contribution >= 4 is 39.8 Å². The van der Waals surface area contributed by atoms with E-state index in [-0.39, 0.29) is 11.4 Å². The summed E-state index contributed by atoms with van der Waals surface area (Å²) < 4.78 is 2.15. The Morgan fingerprint density at radius 2 is 1.76 bits per heavy atom. The molecule has 0 radical (unpaired) electrons. The van der Waals surface area contributed by atoms with Gasteiger partial charge in [-0.1, -0.05) is 48.0 Å². The van der Waals surface area contributed by atoms with E-state index < -0.39 is 5.91 Å². The van der Waals surface area contributed by atoms with E-state index in [4.69, 9.17) is 5.41 Å². The topological polar surface area (TPSA) is 73.8 Å². The van der Waals surface area contributed by atoms with Crippen molar-refractivity contribution in [3.63, 3.8) is 0 Å². The largest absolute Gasteiger partial charge is 0.318 e. The molecule has 0 fully saturated rings. The number of benzene rings is 2. The highest BCUT2D eigenvalue weighted by Gasteiger charge is 2.35. The molecular weight excluding hydrogens is 430 g/mol. The minimum Gasteiger partial charge on any atom is -0.318 e. The maximum absolute atomic E-state index is 12.8. The average Bonchev–Trinajstić information content (AvgIpc) is 3.32. The fraction of sp³-hybridized carbons (Fsp3) is 0.154. The highest BCUT2D eigenvalue weighted by Crippen LogP contribution is 2.31. The number of hydrazone groups is 1. The van der Waals surface area contributed by atoms with Gasteiger partial charge in [0, 0.05) is 23.5 Å². The van der Waals surface area contributed by atoms with Gasteiger partial charge in [0.1, 0.15) is 5.04 Å². The van der Waals surface area contributed by atoms with Crippen molar-refractivity contribution in [3.05, 3.63) is 94.3 Å². The van der Waals surface area contributed by atoms with E-state index in [2.05, 4.69) is 45.9 Å². The summed E-state index contributed by atoms with van der Waals surface area (Å²) in [6, 6.07) is 20.4. The van der Waals surface area contributed by atoms with Crippen LogP contribution < -0.4 is 0 Å². The van der Waals surface area contributed by atoms with E-state index in [1.165, 1.54) is 22.3 Å². The van der Waals surface area contributed by atoms with Crippen LogP contribution in [0.15, 0.2) is 76.3 Å². The van der Waals surface area contributed by atoms with Gasteiger partial charge in [-0.3, -0.25) is 10.2 Å². The molecule has 0 unspecified atom stereocenters. The second kappa shape index (κ2) is 8.33. The van der Waals surface area contributed by atoms with Crippen LogP contribution in [0.1, 0.15) is 28.1 Å². The molecular formula is C26H23N5OS. The number of nitrogens with zero attached hydrogens (tertiary/aromatic N) is 4. The van der Waals surface area contributed by atoms with Crippen molar-refractivity contribution in [1.82, 2.24) is 9.58 Å². The number of hydrogen-bond acceptors (Lipinski definition) is 4. The fourth-order valence-electron chi connectivity index (χ4n) is 4.05. The third-order valence-electron chi connectivity index (χ3n) is 5.76. The Bertz CT molecular complexity index is 1360. The van der Waals surface area contributed by atoms with Crippen molar-refractivity contribution in [2.24, 2.45) is 10.1 Å². The number of thioether (sulfide) groups is 1.